The standard InChI is InChI=1S/C11H18N4O2S/c1-2-15(9-5-6-13-7-9)11-4-3-10(8-14-11)18(12,16)17/h3-4,8-9,13H,2,5-7H2,1H3,(H2,12,16,17). The molecule has 2 rings (SSSR count). The molecule has 100 valence electrons. The molecule has 1 unspecified atom stereocenters. The summed E-state index contributed by atoms with van der Waals surface area (Å²) in [6.45, 7) is 4.85. The van der Waals surface area contributed by atoms with Gasteiger partial charge in [0.2, 0.25) is 10.0 Å². The lowest BCUT2D eigenvalue weighted by molar-refractivity contribution is 0.597. The lowest BCUT2D eigenvalue weighted by Gasteiger charge is -2.28. The molecule has 0 radical (unpaired) electrons. The first kappa shape index (κ1) is 13.3. The van der Waals surface area contributed by atoms with Gasteiger partial charge in [-0.05, 0) is 32.0 Å². The fourth-order valence-electron chi connectivity index (χ4n) is 2.22. The van der Waals surface area contributed by atoms with Gasteiger partial charge in [-0.3, -0.25) is 0 Å². The van der Waals surface area contributed by atoms with Crippen LogP contribution in [0.3, 0.4) is 0 Å². The van der Waals surface area contributed by atoms with Gasteiger partial charge in [0.25, 0.3) is 0 Å². The fraction of sp³-hybridized carbons (Fsp3) is 0.545. The first-order valence-corrected chi connectivity index (χ1v) is 7.53. The molecular formula is C11H18N4O2S. The van der Waals surface area contributed by atoms with Crippen LogP contribution in [0.1, 0.15) is 13.3 Å². The van der Waals surface area contributed by atoms with Crippen LogP contribution in [-0.2, 0) is 10.0 Å². The largest absolute Gasteiger partial charge is 0.353 e. The van der Waals surface area contributed by atoms with E-state index in [4.69, 9.17) is 5.14 Å². The summed E-state index contributed by atoms with van der Waals surface area (Å²) in [5, 5.41) is 8.35. The Morgan fingerprint density at radius 3 is 2.78 bits per heavy atom. The van der Waals surface area contributed by atoms with Crippen LogP contribution in [0.5, 0.6) is 0 Å². The Hall–Kier alpha value is -1.18. The van der Waals surface area contributed by atoms with Gasteiger partial charge in [-0.1, -0.05) is 0 Å². The molecule has 0 bridgehead atoms. The van der Waals surface area contributed by atoms with Crippen molar-refractivity contribution in [3.63, 3.8) is 0 Å². The number of pyridine rings is 1. The molecule has 0 aromatic carbocycles. The highest BCUT2D eigenvalue weighted by Crippen LogP contribution is 2.18. The second-order valence-electron chi connectivity index (χ2n) is 4.33. The van der Waals surface area contributed by atoms with Gasteiger partial charge in [0.1, 0.15) is 10.7 Å². The van der Waals surface area contributed by atoms with Crippen LogP contribution in [0.25, 0.3) is 0 Å². The predicted octanol–water partition coefficient (Wildman–Crippen LogP) is -0.0828. The van der Waals surface area contributed by atoms with Crippen LogP contribution >= 0.6 is 0 Å². The van der Waals surface area contributed by atoms with Gasteiger partial charge in [-0.25, -0.2) is 18.5 Å². The number of primary sulfonamides is 1. The van der Waals surface area contributed by atoms with Crippen molar-refractivity contribution in [1.29, 1.82) is 0 Å². The van der Waals surface area contributed by atoms with E-state index in [2.05, 4.69) is 22.1 Å². The van der Waals surface area contributed by atoms with E-state index in [1.54, 1.807) is 6.07 Å². The second kappa shape index (κ2) is 5.21. The summed E-state index contributed by atoms with van der Waals surface area (Å²) in [7, 11) is -3.66. The number of nitrogens with one attached hydrogen (secondary N) is 1. The minimum absolute atomic E-state index is 0.0480. The number of nitrogens with two attached hydrogens (primary N) is 1. The molecule has 0 aliphatic carbocycles. The summed E-state index contributed by atoms with van der Waals surface area (Å²) >= 11 is 0. The predicted molar refractivity (Wildman–Crippen MR) is 69.9 cm³/mol. The number of hydrogen-bond donors (Lipinski definition) is 2. The summed E-state index contributed by atoms with van der Waals surface area (Å²) in [5.41, 5.74) is 0. The molecule has 1 saturated heterocycles. The van der Waals surface area contributed by atoms with Crippen molar-refractivity contribution in [3.8, 4) is 0 Å². The number of aromatic nitrogens is 1. The number of likely N-dealkylation sites (N-methyl/N-ethyl adjacent to an activating group) is 1. The van der Waals surface area contributed by atoms with Crippen molar-refractivity contribution in [3.05, 3.63) is 18.3 Å². The van der Waals surface area contributed by atoms with Crippen molar-refractivity contribution < 1.29 is 8.42 Å². The first-order valence-electron chi connectivity index (χ1n) is 5.98. The Bertz CT molecular complexity index is 494. The lowest BCUT2D eigenvalue weighted by Crippen LogP contribution is -2.37. The van der Waals surface area contributed by atoms with Gasteiger partial charge in [0, 0.05) is 25.3 Å². The maximum Gasteiger partial charge on any atom is 0.239 e. The molecular weight excluding hydrogens is 252 g/mol. The van der Waals surface area contributed by atoms with E-state index in [0.717, 1.165) is 31.9 Å². The molecule has 1 fully saturated rings. The average molecular weight is 270 g/mol. The fourth-order valence-corrected chi connectivity index (χ4v) is 2.68. The smallest absolute Gasteiger partial charge is 0.239 e. The van der Waals surface area contributed by atoms with E-state index in [9.17, 15) is 8.42 Å². The Balaban J connectivity index is 2.21. The third kappa shape index (κ3) is 2.80. The first-order chi connectivity index (χ1) is 8.52. The highest BCUT2D eigenvalue weighted by Gasteiger charge is 2.22. The molecule has 0 amide bonds. The van der Waals surface area contributed by atoms with Crippen molar-refractivity contribution in [2.75, 3.05) is 24.5 Å². The van der Waals surface area contributed by atoms with Crippen molar-refractivity contribution in [2.45, 2.75) is 24.3 Å². The molecule has 1 aromatic heterocycles. The summed E-state index contributed by atoms with van der Waals surface area (Å²) in [6.07, 6.45) is 2.39. The summed E-state index contributed by atoms with van der Waals surface area (Å²) in [4.78, 5) is 6.42. The van der Waals surface area contributed by atoms with E-state index in [-0.39, 0.29) is 4.90 Å². The maximum atomic E-state index is 11.2. The number of rotatable bonds is 4. The van der Waals surface area contributed by atoms with E-state index in [0.29, 0.717) is 6.04 Å². The zero-order valence-corrected chi connectivity index (χ0v) is 11.2. The molecule has 0 saturated carbocycles. The molecule has 7 heteroatoms. The molecule has 1 aliphatic heterocycles. The van der Waals surface area contributed by atoms with Crippen LogP contribution in [0.4, 0.5) is 5.82 Å². The van der Waals surface area contributed by atoms with Crippen LogP contribution in [0, 0.1) is 0 Å². The number of nitrogens with zero attached hydrogens (tertiary/aromatic N) is 2. The Morgan fingerprint density at radius 1 is 1.56 bits per heavy atom. The van der Waals surface area contributed by atoms with Crippen molar-refractivity contribution >= 4 is 15.8 Å². The number of sulfonamides is 1. The zero-order chi connectivity index (χ0) is 13.2. The van der Waals surface area contributed by atoms with E-state index in [1.807, 2.05) is 0 Å². The van der Waals surface area contributed by atoms with Gasteiger partial charge in [0.05, 0.1) is 0 Å². The monoisotopic (exact) mass is 270 g/mol. The van der Waals surface area contributed by atoms with Gasteiger partial charge >= 0.3 is 0 Å². The Kier molecular flexibility index (Phi) is 3.84. The summed E-state index contributed by atoms with van der Waals surface area (Å²) < 4.78 is 22.3. The second-order valence-corrected chi connectivity index (χ2v) is 5.89. The van der Waals surface area contributed by atoms with Crippen LogP contribution in [0.2, 0.25) is 0 Å². The van der Waals surface area contributed by atoms with Gasteiger partial charge in [-0.2, -0.15) is 0 Å². The van der Waals surface area contributed by atoms with Crippen molar-refractivity contribution in [2.24, 2.45) is 5.14 Å². The molecule has 1 atom stereocenters. The van der Waals surface area contributed by atoms with Crippen LogP contribution < -0.4 is 15.4 Å². The van der Waals surface area contributed by atoms with Gasteiger partial charge < -0.3 is 10.2 Å². The topological polar surface area (TPSA) is 88.3 Å². The average Bonchev–Trinajstić information content (AvgIpc) is 2.83. The maximum absolute atomic E-state index is 11.2. The summed E-state index contributed by atoms with van der Waals surface area (Å²) in [6, 6.07) is 3.63. The van der Waals surface area contributed by atoms with Gasteiger partial charge in [-0.15, -0.1) is 0 Å². The summed E-state index contributed by atoms with van der Waals surface area (Å²) in [5.74, 6) is 0.790. The number of hydrogen-bond acceptors (Lipinski definition) is 5. The van der Waals surface area contributed by atoms with Crippen molar-refractivity contribution in [1.82, 2.24) is 10.3 Å². The number of anilines is 1. The quantitative estimate of drug-likeness (QED) is 0.798. The third-order valence-corrected chi connectivity index (χ3v) is 4.06. The highest BCUT2D eigenvalue weighted by molar-refractivity contribution is 7.89. The Labute approximate surface area is 107 Å². The minimum atomic E-state index is -3.66. The molecule has 1 aromatic rings. The molecule has 3 N–H and O–H groups in total. The normalized spacial score (nSPS) is 20.0. The van der Waals surface area contributed by atoms with E-state index >= 15 is 0 Å². The molecule has 1 aliphatic rings. The zero-order valence-electron chi connectivity index (χ0n) is 10.3. The van der Waals surface area contributed by atoms with E-state index < -0.39 is 10.0 Å². The molecule has 6 nitrogen and oxygen atoms in total. The SMILES string of the molecule is CCN(c1ccc(S(N)(=O)=O)cn1)C1CCNC1. The lowest BCUT2D eigenvalue weighted by atomic mass is 10.2. The van der Waals surface area contributed by atoms with E-state index in [1.165, 1.54) is 12.3 Å². The highest BCUT2D eigenvalue weighted by atomic mass is 32.2. The Morgan fingerprint density at radius 2 is 2.33 bits per heavy atom. The molecule has 18 heavy (non-hydrogen) atoms. The molecule has 2 heterocycles. The van der Waals surface area contributed by atoms with Crippen LogP contribution in [-0.4, -0.2) is 39.1 Å². The van der Waals surface area contributed by atoms with Crippen LogP contribution in [0.15, 0.2) is 23.2 Å². The molecule has 0 spiro atoms. The minimum Gasteiger partial charge on any atom is -0.353 e. The third-order valence-electron chi connectivity index (χ3n) is 3.16. The van der Waals surface area contributed by atoms with Gasteiger partial charge in [0.15, 0.2) is 0 Å².